The molecule has 0 saturated carbocycles. The van der Waals surface area contributed by atoms with Crippen molar-refractivity contribution < 1.29 is 22.8 Å². The summed E-state index contributed by atoms with van der Waals surface area (Å²) in [6.07, 6.45) is -3.07. The van der Waals surface area contributed by atoms with Crippen molar-refractivity contribution >= 4 is 34.9 Å². The van der Waals surface area contributed by atoms with E-state index in [-0.39, 0.29) is 30.7 Å². The summed E-state index contributed by atoms with van der Waals surface area (Å²) in [6, 6.07) is 4.82. The number of benzene rings is 1. The van der Waals surface area contributed by atoms with E-state index in [2.05, 4.69) is 15.7 Å². The fraction of sp³-hybridized carbons (Fsp3) is 0.389. The summed E-state index contributed by atoms with van der Waals surface area (Å²) < 4.78 is 40.3. The van der Waals surface area contributed by atoms with Crippen LogP contribution in [0.25, 0.3) is 0 Å². The molecule has 1 heterocycles. The van der Waals surface area contributed by atoms with Gasteiger partial charge in [-0.25, -0.2) is 4.68 Å². The molecule has 0 bridgehead atoms. The van der Waals surface area contributed by atoms with Crippen molar-refractivity contribution in [3.63, 3.8) is 0 Å². The van der Waals surface area contributed by atoms with Crippen LogP contribution in [0.1, 0.15) is 25.5 Å². The van der Waals surface area contributed by atoms with Crippen LogP contribution in [0.4, 0.5) is 24.7 Å². The average Bonchev–Trinajstić information content (AvgIpc) is 3.03. The number of amides is 2. The van der Waals surface area contributed by atoms with Crippen molar-refractivity contribution in [2.24, 2.45) is 0 Å². The molecule has 0 radical (unpaired) electrons. The molecule has 0 spiro atoms. The summed E-state index contributed by atoms with van der Waals surface area (Å²) in [7, 11) is 1.54. The Morgan fingerprint density at radius 2 is 1.79 bits per heavy atom. The van der Waals surface area contributed by atoms with Gasteiger partial charge in [0, 0.05) is 17.8 Å². The highest BCUT2D eigenvalue weighted by atomic mass is 35.5. The molecule has 0 aliphatic heterocycles. The highest BCUT2D eigenvalue weighted by Gasteiger charge is 2.33. The number of nitrogens with zero attached hydrogens (tertiary/aromatic N) is 3. The molecule has 2 amide bonds. The largest absolute Gasteiger partial charge is 0.417 e. The maximum atomic E-state index is 12.9. The lowest BCUT2D eigenvalue weighted by Gasteiger charge is -2.17. The number of rotatable bonds is 7. The van der Waals surface area contributed by atoms with Crippen LogP contribution in [0, 0.1) is 0 Å². The molecule has 1 aromatic carbocycles. The number of aromatic nitrogens is 2. The average molecular weight is 432 g/mol. The van der Waals surface area contributed by atoms with Crippen LogP contribution >= 0.6 is 11.6 Å². The van der Waals surface area contributed by atoms with E-state index in [9.17, 15) is 22.8 Å². The van der Waals surface area contributed by atoms with Crippen molar-refractivity contribution in [1.82, 2.24) is 14.7 Å². The molecule has 0 unspecified atom stereocenters. The number of hydrogen-bond donors (Lipinski definition) is 2. The second-order valence-electron chi connectivity index (χ2n) is 6.72. The Morgan fingerprint density at radius 1 is 1.17 bits per heavy atom. The van der Waals surface area contributed by atoms with E-state index in [0.717, 1.165) is 12.1 Å². The number of carbonyl (C=O) groups excluding carboxylic acids is 2. The number of hydrogen-bond acceptors (Lipinski definition) is 4. The number of carbonyl (C=O) groups is 2. The second-order valence-corrected chi connectivity index (χ2v) is 7.12. The van der Waals surface area contributed by atoms with Crippen molar-refractivity contribution in [2.45, 2.75) is 26.1 Å². The summed E-state index contributed by atoms with van der Waals surface area (Å²) in [5.41, 5.74) is -1.07. The van der Waals surface area contributed by atoms with Crippen LogP contribution in [0.15, 0.2) is 30.5 Å². The van der Waals surface area contributed by atoms with E-state index < -0.39 is 22.7 Å². The van der Waals surface area contributed by atoms with E-state index >= 15 is 0 Å². The maximum absolute atomic E-state index is 12.9. The summed E-state index contributed by atoms with van der Waals surface area (Å²) in [4.78, 5) is 25.7. The van der Waals surface area contributed by atoms with Gasteiger partial charge in [-0.1, -0.05) is 11.6 Å². The van der Waals surface area contributed by atoms with E-state index in [1.807, 2.05) is 13.8 Å². The molecular weight excluding hydrogens is 411 g/mol. The third-order valence-electron chi connectivity index (χ3n) is 3.81. The summed E-state index contributed by atoms with van der Waals surface area (Å²) in [5.74, 6) is -0.389. The van der Waals surface area contributed by atoms with Gasteiger partial charge in [0.25, 0.3) is 0 Å². The summed E-state index contributed by atoms with van der Waals surface area (Å²) >= 11 is 5.56. The van der Waals surface area contributed by atoms with Crippen molar-refractivity contribution in [3.05, 3.63) is 41.0 Å². The van der Waals surface area contributed by atoms with E-state index in [0.29, 0.717) is 5.82 Å². The van der Waals surface area contributed by atoms with Gasteiger partial charge in [0.1, 0.15) is 5.82 Å². The maximum Gasteiger partial charge on any atom is 0.417 e. The van der Waals surface area contributed by atoms with Gasteiger partial charge in [-0.3, -0.25) is 14.5 Å². The standard InChI is InChI=1S/C18H21ClF3N5O2/c1-11(2)27-15(6-7-23-27)25-17(29)10-26(3)9-16(28)24-12-4-5-14(19)13(8-12)18(20,21)22/h4-8,11H,9-10H2,1-3H3,(H,24,28)(H,25,29). The zero-order chi connectivity index (χ0) is 21.8. The van der Waals surface area contributed by atoms with Gasteiger partial charge < -0.3 is 10.6 Å². The Labute approximate surface area is 170 Å². The first-order valence-electron chi connectivity index (χ1n) is 8.66. The minimum Gasteiger partial charge on any atom is -0.325 e. The zero-order valence-corrected chi connectivity index (χ0v) is 16.8. The monoisotopic (exact) mass is 431 g/mol. The van der Waals surface area contributed by atoms with Crippen LogP contribution < -0.4 is 10.6 Å². The number of likely N-dealkylation sites (N-methyl/N-ethyl adjacent to an activating group) is 1. The molecule has 158 valence electrons. The van der Waals surface area contributed by atoms with Crippen LogP contribution in [-0.2, 0) is 15.8 Å². The molecule has 2 N–H and O–H groups in total. The molecule has 0 saturated heterocycles. The molecule has 0 aliphatic rings. The molecule has 11 heteroatoms. The molecule has 1 aromatic heterocycles. The van der Waals surface area contributed by atoms with Crippen LogP contribution in [0.2, 0.25) is 5.02 Å². The van der Waals surface area contributed by atoms with Crippen molar-refractivity contribution in [2.75, 3.05) is 30.8 Å². The highest BCUT2D eigenvalue weighted by molar-refractivity contribution is 6.31. The summed E-state index contributed by atoms with van der Waals surface area (Å²) in [6.45, 7) is 3.55. The smallest absolute Gasteiger partial charge is 0.325 e. The zero-order valence-electron chi connectivity index (χ0n) is 16.0. The first-order valence-corrected chi connectivity index (χ1v) is 9.03. The van der Waals surface area contributed by atoms with Gasteiger partial charge in [-0.05, 0) is 39.1 Å². The Kier molecular flexibility index (Phi) is 7.26. The Morgan fingerprint density at radius 3 is 2.38 bits per heavy atom. The Bertz CT molecular complexity index is 883. The number of anilines is 2. The van der Waals surface area contributed by atoms with Gasteiger partial charge in [0.05, 0.1) is 29.9 Å². The first-order chi connectivity index (χ1) is 13.5. The third-order valence-corrected chi connectivity index (χ3v) is 4.14. The molecule has 2 rings (SSSR count). The SMILES string of the molecule is CC(C)n1nccc1NC(=O)CN(C)CC(=O)Nc1ccc(Cl)c(C(F)(F)F)c1. The van der Waals surface area contributed by atoms with E-state index in [4.69, 9.17) is 11.6 Å². The van der Waals surface area contributed by atoms with Crippen molar-refractivity contribution in [3.8, 4) is 0 Å². The molecule has 0 atom stereocenters. The third kappa shape index (κ3) is 6.47. The Balaban J connectivity index is 1.91. The second kappa shape index (κ2) is 9.27. The predicted octanol–water partition coefficient (Wildman–Crippen LogP) is 3.65. The molecular formula is C18H21ClF3N5O2. The fourth-order valence-corrected chi connectivity index (χ4v) is 2.80. The van der Waals surface area contributed by atoms with Crippen LogP contribution in [0.5, 0.6) is 0 Å². The van der Waals surface area contributed by atoms with Gasteiger partial charge in [-0.15, -0.1) is 0 Å². The van der Waals surface area contributed by atoms with Crippen molar-refractivity contribution in [1.29, 1.82) is 0 Å². The molecule has 0 fully saturated rings. The van der Waals surface area contributed by atoms with Crippen LogP contribution in [0.3, 0.4) is 0 Å². The summed E-state index contributed by atoms with van der Waals surface area (Å²) in [5, 5.41) is 8.73. The topological polar surface area (TPSA) is 79.3 Å². The molecule has 2 aromatic rings. The lowest BCUT2D eigenvalue weighted by atomic mass is 10.2. The minimum atomic E-state index is -4.63. The Hall–Kier alpha value is -2.59. The number of halogens is 4. The highest BCUT2D eigenvalue weighted by Crippen LogP contribution is 2.36. The number of nitrogens with one attached hydrogen (secondary N) is 2. The fourth-order valence-electron chi connectivity index (χ4n) is 2.57. The quantitative estimate of drug-likeness (QED) is 0.701. The van der Waals surface area contributed by atoms with E-state index in [1.54, 1.807) is 24.0 Å². The molecule has 7 nitrogen and oxygen atoms in total. The molecule has 0 aliphatic carbocycles. The van der Waals surface area contributed by atoms with Gasteiger partial charge in [-0.2, -0.15) is 18.3 Å². The number of alkyl halides is 3. The lowest BCUT2D eigenvalue weighted by Crippen LogP contribution is -2.36. The van der Waals surface area contributed by atoms with Gasteiger partial charge >= 0.3 is 6.18 Å². The minimum absolute atomic E-state index is 0.0367. The normalized spacial score (nSPS) is 11.8. The van der Waals surface area contributed by atoms with Gasteiger partial charge in [0.2, 0.25) is 11.8 Å². The molecule has 29 heavy (non-hydrogen) atoms. The predicted molar refractivity (Wildman–Crippen MR) is 104 cm³/mol. The van der Waals surface area contributed by atoms with Crippen LogP contribution in [-0.4, -0.2) is 46.6 Å². The first kappa shape index (κ1) is 22.7. The van der Waals surface area contributed by atoms with Gasteiger partial charge in [0.15, 0.2) is 0 Å². The lowest BCUT2D eigenvalue weighted by molar-refractivity contribution is -0.137. The van der Waals surface area contributed by atoms with E-state index in [1.165, 1.54) is 11.0 Å².